The van der Waals surface area contributed by atoms with Crippen molar-refractivity contribution in [1.29, 1.82) is 0 Å². The second-order valence-corrected chi connectivity index (χ2v) is 7.98. The first-order valence-corrected chi connectivity index (χ1v) is 9.89. The number of halogens is 2. The van der Waals surface area contributed by atoms with Crippen LogP contribution in [-0.2, 0) is 6.54 Å². The average Bonchev–Trinajstić information content (AvgIpc) is 3.14. The van der Waals surface area contributed by atoms with Gasteiger partial charge >= 0.3 is 6.29 Å². The van der Waals surface area contributed by atoms with Crippen molar-refractivity contribution < 1.29 is 23.0 Å². The molecule has 1 amide bonds. The number of carbonyl (C=O) groups excluding carboxylic acids is 1. The van der Waals surface area contributed by atoms with Crippen LogP contribution in [0.3, 0.4) is 0 Å². The summed E-state index contributed by atoms with van der Waals surface area (Å²) in [4.78, 5) is 12.9. The highest BCUT2D eigenvalue weighted by molar-refractivity contribution is 7.18. The fraction of sp³-hybridized carbons (Fsp3) is 0.316. The molecule has 1 aromatic heterocycles. The summed E-state index contributed by atoms with van der Waals surface area (Å²) in [6.45, 7) is 0.0957. The van der Waals surface area contributed by atoms with Crippen LogP contribution in [0.5, 0.6) is 11.5 Å². The molecule has 0 fully saturated rings. The molecule has 0 atom stereocenters. The number of alkyl halides is 2. The third kappa shape index (κ3) is 3.67. The summed E-state index contributed by atoms with van der Waals surface area (Å²) >= 11 is 1.11. The summed E-state index contributed by atoms with van der Waals surface area (Å²) in [7, 11) is 0. The standard InChI is InChI=1S/C19H20F2N4O3S/c20-19(21)27-12-6-5-9(7-13(12)28-19)8-25-18(26)16-15(23)14(17(24)29-16)10-3-1-2-4-11(10)22/h5-7H,1-4,8,22-24H2,(H,25,26). The molecule has 154 valence electrons. The molecule has 0 spiro atoms. The van der Waals surface area contributed by atoms with Gasteiger partial charge in [0, 0.05) is 17.8 Å². The van der Waals surface area contributed by atoms with E-state index >= 15 is 0 Å². The van der Waals surface area contributed by atoms with Crippen LogP contribution in [0.25, 0.3) is 5.57 Å². The summed E-state index contributed by atoms with van der Waals surface area (Å²) in [6, 6.07) is 4.32. The molecule has 10 heteroatoms. The third-order valence-electron chi connectivity index (χ3n) is 4.91. The SMILES string of the molecule is NC1=C(c2c(N)sc(C(=O)NCc3ccc4c(c3)OC(F)(F)O4)c2N)CCCC1. The first-order chi connectivity index (χ1) is 13.7. The van der Waals surface area contributed by atoms with Gasteiger partial charge in [-0.25, -0.2) is 0 Å². The number of fused-ring (bicyclic) bond motifs is 1. The zero-order valence-corrected chi connectivity index (χ0v) is 16.2. The van der Waals surface area contributed by atoms with Crippen molar-refractivity contribution >= 4 is 33.5 Å². The second-order valence-electron chi connectivity index (χ2n) is 6.93. The number of rotatable bonds is 4. The summed E-state index contributed by atoms with van der Waals surface area (Å²) in [5.41, 5.74) is 21.7. The summed E-state index contributed by atoms with van der Waals surface area (Å²) < 4.78 is 35.0. The van der Waals surface area contributed by atoms with E-state index in [0.717, 1.165) is 48.3 Å². The zero-order valence-electron chi connectivity index (χ0n) is 15.4. The zero-order chi connectivity index (χ0) is 20.8. The lowest BCUT2D eigenvalue weighted by Gasteiger charge is -2.18. The predicted octanol–water partition coefficient (Wildman–Crippen LogP) is 3.41. The first kappa shape index (κ1) is 19.3. The van der Waals surface area contributed by atoms with Gasteiger partial charge in [0.15, 0.2) is 11.5 Å². The van der Waals surface area contributed by atoms with Crippen LogP contribution < -0.4 is 32.0 Å². The lowest BCUT2D eigenvalue weighted by molar-refractivity contribution is -0.286. The second kappa shape index (κ2) is 7.11. The van der Waals surface area contributed by atoms with Crippen molar-refractivity contribution in [2.24, 2.45) is 5.73 Å². The molecule has 7 N–H and O–H groups in total. The van der Waals surface area contributed by atoms with E-state index in [1.165, 1.54) is 12.1 Å². The Bertz CT molecular complexity index is 1020. The molecule has 0 saturated carbocycles. The summed E-state index contributed by atoms with van der Waals surface area (Å²) in [5, 5.41) is 3.18. The van der Waals surface area contributed by atoms with Gasteiger partial charge in [-0.2, -0.15) is 0 Å². The van der Waals surface area contributed by atoms with Crippen LogP contribution in [0, 0.1) is 0 Å². The minimum absolute atomic E-state index is 0.0525. The van der Waals surface area contributed by atoms with Gasteiger partial charge in [0.05, 0.1) is 10.7 Å². The van der Waals surface area contributed by atoms with Gasteiger partial charge in [0.25, 0.3) is 5.91 Å². The molecular formula is C19H20F2N4O3S. The molecule has 1 aliphatic carbocycles. The maximum Gasteiger partial charge on any atom is 0.586 e. The van der Waals surface area contributed by atoms with Crippen LogP contribution in [0.15, 0.2) is 23.9 Å². The highest BCUT2D eigenvalue weighted by Crippen LogP contribution is 2.43. The molecule has 2 aliphatic rings. The molecule has 0 saturated heterocycles. The van der Waals surface area contributed by atoms with Gasteiger partial charge in [-0.05, 0) is 49.0 Å². The molecule has 0 radical (unpaired) electrons. The smallest absolute Gasteiger partial charge is 0.402 e. The number of nitrogen functional groups attached to an aromatic ring is 2. The largest absolute Gasteiger partial charge is 0.586 e. The Morgan fingerprint density at radius 1 is 1.14 bits per heavy atom. The molecule has 0 bridgehead atoms. The Morgan fingerprint density at radius 3 is 2.62 bits per heavy atom. The Morgan fingerprint density at radius 2 is 1.86 bits per heavy atom. The number of carbonyl (C=O) groups is 1. The molecule has 1 aliphatic heterocycles. The predicted molar refractivity (Wildman–Crippen MR) is 107 cm³/mol. The van der Waals surface area contributed by atoms with Crippen molar-refractivity contribution in [2.45, 2.75) is 38.5 Å². The minimum Gasteiger partial charge on any atom is -0.402 e. The van der Waals surface area contributed by atoms with Crippen molar-refractivity contribution in [1.82, 2.24) is 5.32 Å². The number of ether oxygens (including phenoxy) is 2. The van der Waals surface area contributed by atoms with Crippen LogP contribution in [-0.4, -0.2) is 12.2 Å². The van der Waals surface area contributed by atoms with Gasteiger partial charge in [0.2, 0.25) is 0 Å². The fourth-order valence-electron chi connectivity index (χ4n) is 3.52. The highest BCUT2D eigenvalue weighted by atomic mass is 32.1. The topological polar surface area (TPSA) is 126 Å². The maximum absolute atomic E-state index is 13.1. The molecule has 2 aromatic rings. The van der Waals surface area contributed by atoms with Gasteiger partial charge < -0.3 is 32.0 Å². The molecule has 29 heavy (non-hydrogen) atoms. The highest BCUT2D eigenvalue weighted by Gasteiger charge is 2.43. The maximum atomic E-state index is 13.1. The lowest BCUT2D eigenvalue weighted by atomic mass is 9.91. The van der Waals surface area contributed by atoms with Crippen molar-refractivity contribution in [2.75, 3.05) is 11.5 Å². The summed E-state index contributed by atoms with van der Waals surface area (Å²) in [6.07, 6.45) is -0.0999. The average molecular weight is 422 g/mol. The van der Waals surface area contributed by atoms with Crippen molar-refractivity contribution in [3.8, 4) is 11.5 Å². The lowest BCUT2D eigenvalue weighted by Crippen LogP contribution is -2.26. The monoisotopic (exact) mass is 422 g/mol. The normalized spacial score (nSPS) is 17.4. The molecule has 0 unspecified atom stereocenters. The van der Waals surface area contributed by atoms with Crippen molar-refractivity contribution in [3.63, 3.8) is 0 Å². The number of thiophene rings is 1. The van der Waals surface area contributed by atoms with Crippen LogP contribution in [0.2, 0.25) is 0 Å². The van der Waals surface area contributed by atoms with E-state index in [0.29, 0.717) is 26.7 Å². The minimum atomic E-state index is -3.68. The van der Waals surface area contributed by atoms with E-state index in [2.05, 4.69) is 14.8 Å². The van der Waals surface area contributed by atoms with Crippen LogP contribution in [0.4, 0.5) is 19.5 Å². The van der Waals surface area contributed by atoms with Crippen molar-refractivity contribution in [3.05, 3.63) is 39.9 Å². The van der Waals surface area contributed by atoms with Gasteiger partial charge in [-0.15, -0.1) is 20.1 Å². The van der Waals surface area contributed by atoms with E-state index < -0.39 is 12.2 Å². The number of amides is 1. The number of nitrogens with two attached hydrogens (primary N) is 3. The number of anilines is 2. The van der Waals surface area contributed by atoms with Gasteiger partial charge in [-0.1, -0.05) is 6.07 Å². The van der Waals surface area contributed by atoms with E-state index in [4.69, 9.17) is 17.2 Å². The van der Waals surface area contributed by atoms with Crippen LogP contribution >= 0.6 is 11.3 Å². The Balaban J connectivity index is 1.50. The molecule has 7 nitrogen and oxygen atoms in total. The Hall–Kier alpha value is -3.01. The van der Waals surface area contributed by atoms with Gasteiger partial charge in [-0.3, -0.25) is 4.79 Å². The van der Waals surface area contributed by atoms with E-state index in [9.17, 15) is 13.6 Å². The molecular weight excluding hydrogens is 402 g/mol. The first-order valence-electron chi connectivity index (χ1n) is 9.08. The van der Waals surface area contributed by atoms with E-state index in [-0.39, 0.29) is 18.0 Å². The Labute approximate surface area is 169 Å². The number of nitrogens with one attached hydrogen (secondary N) is 1. The van der Waals surface area contributed by atoms with E-state index in [1.807, 2.05) is 0 Å². The summed E-state index contributed by atoms with van der Waals surface area (Å²) in [5.74, 6) is -0.532. The number of hydrogen-bond acceptors (Lipinski definition) is 7. The number of hydrogen-bond donors (Lipinski definition) is 4. The quantitative estimate of drug-likeness (QED) is 0.598. The molecule has 2 heterocycles. The molecule has 1 aromatic carbocycles. The van der Waals surface area contributed by atoms with Gasteiger partial charge in [0.1, 0.15) is 4.88 Å². The third-order valence-corrected chi connectivity index (χ3v) is 5.94. The molecule has 4 rings (SSSR count). The fourth-order valence-corrected chi connectivity index (χ4v) is 4.45. The van der Waals surface area contributed by atoms with E-state index in [1.54, 1.807) is 6.07 Å². The Kier molecular flexibility index (Phi) is 4.73. The number of allylic oxidation sites excluding steroid dienone is 2. The van der Waals surface area contributed by atoms with Crippen LogP contribution in [0.1, 0.15) is 46.5 Å². The number of benzene rings is 1.